The lowest BCUT2D eigenvalue weighted by molar-refractivity contribution is -0.128. The zero-order valence-corrected chi connectivity index (χ0v) is 14.2. The van der Waals surface area contributed by atoms with Crippen molar-refractivity contribution >= 4 is 5.91 Å². The number of benzene rings is 1. The Morgan fingerprint density at radius 1 is 1.26 bits per heavy atom. The number of nitrogens with one attached hydrogen (secondary N) is 1. The molecule has 1 aliphatic heterocycles. The summed E-state index contributed by atoms with van der Waals surface area (Å²) < 4.78 is 5.88. The fourth-order valence-corrected chi connectivity index (χ4v) is 3.84. The number of aryl methyl sites for hydroxylation is 2. The normalized spacial score (nSPS) is 22.3. The second kappa shape index (κ2) is 6.91. The van der Waals surface area contributed by atoms with Crippen LogP contribution < -0.4 is 15.8 Å². The van der Waals surface area contributed by atoms with E-state index in [9.17, 15) is 4.79 Å². The van der Waals surface area contributed by atoms with E-state index in [1.165, 1.54) is 43.2 Å². The lowest BCUT2D eigenvalue weighted by atomic mass is 9.84. The monoisotopic (exact) mass is 316 g/mol. The minimum absolute atomic E-state index is 0.0162. The van der Waals surface area contributed by atoms with Gasteiger partial charge in [0.15, 0.2) is 6.10 Å². The molecule has 0 spiro atoms. The van der Waals surface area contributed by atoms with E-state index in [1.54, 1.807) is 0 Å². The van der Waals surface area contributed by atoms with Crippen molar-refractivity contribution in [3.05, 3.63) is 28.8 Å². The number of carbonyl (C=O) groups is 1. The van der Waals surface area contributed by atoms with Gasteiger partial charge in [0.25, 0.3) is 5.91 Å². The third-order valence-corrected chi connectivity index (χ3v) is 5.44. The van der Waals surface area contributed by atoms with Gasteiger partial charge in [-0.1, -0.05) is 25.3 Å². The Hall–Kier alpha value is -1.55. The van der Waals surface area contributed by atoms with E-state index in [0.717, 1.165) is 11.3 Å². The smallest absolute Gasteiger partial charge is 0.261 e. The first-order valence-electron chi connectivity index (χ1n) is 8.85. The topological polar surface area (TPSA) is 64.3 Å². The van der Waals surface area contributed by atoms with Crippen LogP contribution in [0.2, 0.25) is 0 Å². The molecule has 4 heteroatoms. The third kappa shape index (κ3) is 3.52. The van der Waals surface area contributed by atoms with Crippen molar-refractivity contribution in [2.45, 2.75) is 64.5 Å². The number of hydrogen-bond acceptors (Lipinski definition) is 3. The van der Waals surface area contributed by atoms with Gasteiger partial charge in [-0.3, -0.25) is 4.79 Å². The van der Waals surface area contributed by atoms with Crippen molar-refractivity contribution < 1.29 is 9.53 Å². The number of fused-ring (bicyclic) bond motifs is 1. The molecule has 126 valence electrons. The summed E-state index contributed by atoms with van der Waals surface area (Å²) in [6.45, 7) is 4.67. The first-order valence-corrected chi connectivity index (χ1v) is 8.85. The van der Waals surface area contributed by atoms with Gasteiger partial charge in [-0.2, -0.15) is 0 Å². The van der Waals surface area contributed by atoms with E-state index in [-0.39, 0.29) is 11.9 Å². The first kappa shape index (κ1) is 16.3. The van der Waals surface area contributed by atoms with Crippen molar-refractivity contribution in [1.29, 1.82) is 0 Å². The molecule has 23 heavy (non-hydrogen) atoms. The Labute approximate surface area is 138 Å². The lowest BCUT2D eigenvalue weighted by Gasteiger charge is -2.30. The Bertz CT molecular complexity index is 548. The Kier molecular flexibility index (Phi) is 4.90. The van der Waals surface area contributed by atoms with Gasteiger partial charge < -0.3 is 15.8 Å². The minimum Gasteiger partial charge on any atom is -0.480 e. The maximum absolute atomic E-state index is 12.6. The number of hydrogen-bond donors (Lipinski definition) is 2. The zero-order chi connectivity index (χ0) is 16.4. The molecule has 0 bridgehead atoms. The van der Waals surface area contributed by atoms with Crippen LogP contribution in [0.4, 0.5) is 0 Å². The summed E-state index contributed by atoms with van der Waals surface area (Å²) >= 11 is 0. The lowest BCUT2D eigenvalue weighted by Crippen LogP contribution is -2.50. The number of rotatable bonds is 4. The Balaban J connectivity index is 1.62. The van der Waals surface area contributed by atoms with Crippen LogP contribution in [0, 0.1) is 19.8 Å². The molecule has 1 heterocycles. The highest BCUT2D eigenvalue weighted by Crippen LogP contribution is 2.32. The number of carbonyl (C=O) groups excluding carboxylic acids is 1. The molecule has 1 saturated carbocycles. The van der Waals surface area contributed by atoms with Crippen LogP contribution in [0.15, 0.2) is 12.1 Å². The molecule has 4 nitrogen and oxygen atoms in total. The molecule has 0 radical (unpaired) electrons. The van der Waals surface area contributed by atoms with Crippen LogP contribution in [0.5, 0.6) is 5.75 Å². The molecule has 1 amide bonds. The van der Waals surface area contributed by atoms with Crippen LogP contribution in [0.3, 0.4) is 0 Å². The van der Waals surface area contributed by atoms with E-state index in [1.807, 2.05) is 6.07 Å². The number of amides is 1. The molecule has 0 saturated heterocycles. The van der Waals surface area contributed by atoms with Gasteiger partial charge in [-0.25, -0.2) is 0 Å². The van der Waals surface area contributed by atoms with Crippen molar-refractivity contribution in [3.63, 3.8) is 0 Å². The largest absolute Gasteiger partial charge is 0.480 e. The van der Waals surface area contributed by atoms with Crippen LogP contribution in [-0.4, -0.2) is 24.6 Å². The number of nitrogens with two attached hydrogens (primary N) is 1. The fraction of sp³-hybridized carbons (Fsp3) is 0.632. The summed E-state index contributed by atoms with van der Waals surface area (Å²) in [7, 11) is 0. The van der Waals surface area contributed by atoms with Gasteiger partial charge in [-0.05, 0) is 55.4 Å². The summed E-state index contributed by atoms with van der Waals surface area (Å²) in [4.78, 5) is 12.6. The Morgan fingerprint density at radius 3 is 2.65 bits per heavy atom. The number of ether oxygens (including phenoxy) is 1. The predicted molar refractivity (Wildman–Crippen MR) is 91.6 cm³/mol. The van der Waals surface area contributed by atoms with Crippen molar-refractivity contribution in [3.8, 4) is 5.75 Å². The zero-order valence-electron chi connectivity index (χ0n) is 14.2. The van der Waals surface area contributed by atoms with Crippen molar-refractivity contribution in [1.82, 2.24) is 5.32 Å². The molecule has 2 aliphatic rings. The predicted octanol–water partition coefficient (Wildman–Crippen LogP) is 2.63. The van der Waals surface area contributed by atoms with E-state index in [2.05, 4.69) is 25.2 Å². The second-order valence-electron chi connectivity index (χ2n) is 7.10. The summed E-state index contributed by atoms with van der Waals surface area (Å²) in [5.74, 6) is 1.36. The van der Waals surface area contributed by atoms with Gasteiger partial charge in [0.2, 0.25) is 0 Å². The molecule has 0 aromatic heterocycles. The molecular formula is C19H28N2O2. The SMILES string of the molecule is Cc1cc2c(cc1C)OC(C(=O)NC(CN)C1CCCCC1)C2. The Morgan fingerprint density at radius 2 is 1.96 bits per heavy atom. The maximum Gasteiger partial charge on any atom is 0.261 e. The molecule has 1 aromatic rings. The fourth-order valence-electron chi connectivity index (χ4n) is 3.84. The summed E-state index contributed by atoms with van der Waals surface area (Å²) in [5, 5.41) is 3.15. The quantitative estimate of drug-likeness (QED) is 0.897. The minimum atomic E-state index is -0.413. The van der Waals surface area contributed by atoms with Crippen molar-refractivity contribution in [2.75, 3.05) is 6.54 Å². The second-order valence-corrected chi connectivity index (χ2v) is 7.10. The molecule has 2 unspecified atom stereocenters. The molecule has 1 fully saturated rings. The van der Waals surface area contributed by atoms with Gasteiger partial charge in [0.1, 0.15) is 5.75 Å². The average Bonchev–Trinajstić information content (AvgIpc) is 2.96. The van der Waals surface area contributed by atoms with Crippen LogP contribution in [0.1, 0.15) is 48.8 Å². The maximum atomic E-state index is 12.6. The molecule has 1 aliphatic carbocycles. The van der Waals surface area contributed by atoms with Gasteiger partial charge >= 0.3 is 0 Å². The molecule has 2 atom stereocenters. The van der Waals surface area contributed by atoms with Crippen molar-refractivity contribution in [2.24, 2.45) is 11.7 Å². The van der Waals surface area contributed by atoms with Crippen LogP contribution >= 0.6 is 0 Å². The van der Waals surface area contributed by atoms with Gasteiger partial charge in [0, 0.05) is 19.0 Å². The highest BCUT2D eigenvalue weighted by atomic mass is 16.5. The van der Waals surface area contributed by atoms with E-state index in [4.69, 9.17) is 10.5 Å². The highest BCUT2D eigenvalue weighted by molar-refractivity contribution is 5.83. The van der Waals surface area contributed by atoms with Crippen LogP contribution in [-0.2, 0) is 11.2 Å². The van der Waals surface area contributed by atoms with Gasteiger partial charge in [-0.15, -0.1) is 0 Å². The van der Waals surface area contributed by atoms with Gasteiger partial charge in [0.05, 0.1) is 0 Å². The van der Waals surface area contributed by atoms with Crippen LogP contribution in [0.25, 0.3) is 0 Å². The average molecular weight is 316 g/mol. The van der Waals surface area contributed by atoms with E-state index < -0.39 is 6.10 Å². The van der Waals surface area contributed by atoms with E-state index in [0.29, 0.717) is 18.9 Å². The molecule has 1 aromatic carbocycles. The van der Waals surface area contributed by atoms with E-state index >= 15 is 0 Å². The summed E-state index contributed by atoms with van der Waals surface area (Å²) in [5.41, 5.74) is 9.50. The summed E-state index contributed by atoms with van der Waals surface area (Å²) in [6, 6.07) is 4.26. The first-order chi connectivity index (χ1) is 11.1. The standard InChI is InChI=1S/C19H28N2O2/c1-12-8-15-10-18(23-17(15)9-13(12)2)19(22)21-16(11-20)14-6-4-3-5-7-14/h8-9,14,16,18H,3-7,10-11,20H2,1-2H3,(H,21,22). The highest BCUT2D eigenvalue weighted by Gasteiger charge is 2.32. The molecule has 3 N–H and O–H groups in total. The molecular weight excluding hydrogens is 288 g/mol. The molecule has 3 rings (SSSR count). The third-order valence-electron chi connectivity index (χ3n) is 5.44. The summed E-state index contributed by atoms with van der Waals surface area (Å²) in [6.07, 6.45) is 6.40.